The van der Waals surface area contributed by atoms with Crippen LogP contribution in [0.4, 0.5) is 10.1 Å². The molecule has 0 spiro atoms. The van der Waals surface area contributed by atoms with E-state index >= 15 is 0 Å². The fourth-order valence-electron chi connectivity index (χ4n) is 4.09. The van der Waals surface area contributed by atoms with Gasteiger partial charge in [-0.05, 0) is 46.4 Å². The summed E-state index contributed by atoms with van der Waals surface area (Å²) in [6.07, 6.45) is 1.22. The van der Waals surface area contributed by atoms with E-state index in [1.807, 2.05) is 30.7 Å². The first-order valence-corrected chi connectivity index (χ1v) is 9.67. The molecule has 26 heavy (non-hydrogen) atoms. The molecule has 0 fully saturated rings. The van der Waals surface area contributed by atoms with Crippen LogP contribution in [-0.2, 0) is 9.59 Å². The van der Waals surface area contributed by atoms with E-state index in [4.69, 9.17) is 0 Å². The Morgan fingerprint density at radius 3 is 2.62 bits per heavy atom. The molecule has 0 N–H and O–H groups in total. The lowest BCUT2D eigenvalue weighted by Crippen LogP contribution is -2.44. The summed E-state index contributed by atoms with van der Waals surface area (Å²) >= 11 is 1.56. The van der Waals surface area contributed by atoms with Crippen molar-refractivity contribution >= 4 is 28.7 Å². The lowest BCUT2D eigenvalue weighted by atomic mass is 9.69. The normalized spacial score (nSPS) is 22.6. The van der Waals surface area contributed by atoms with Crippen LogP contribution in [0.15, 0.2) is 52.4 Å². The van der Waals surface area contributed by atoms with Crippen molar-refractivity contribution in [1.82, 2.24) is 0 Å². The van der Waals surface area contributed by atoms with Gasteiger partial charge in [-0.25, -0.2) is 4.39 Å². The van der Waals surface area contributed by atoms with Gasteiger partial charge in [0, 0.05) is 30.0 Å². The summed E-state index contributed by atoms with van der Waals surface area (Å²) in [7, 11) is 0. The van der Waals surface area contributed by atoms with E-state index in [0.717, 1.165) is 5.56 Å². The molecule has 134 valence electrons. The molecule has 1 aliphatic heterocycles. The van der Waals surface area contributed by atoms with Crippen LogP contribution < -0.4 is 4.90 Å². The van der Waals surface area contributed by atoms with E-state index in [9.17, 15) is 14.0 Å². The zero-order valence-electron chi connectivity index (χ0n) is 14.8. The predicted octanol–water partition coefficient (Wildman–Crippen LogP) is 5.05. The zero-order valence-corrected chi connectivity index (χ0v) is 15.6. The van der Waals surface area contributed by atoms with Crippen molar-refractivity contribution in [3.63, 3.8) is 0 Å². The van der Waals surface area contributed by atoms with E-state index in [2.05, 4.69) is 0 Å². The minimum Gasteiger partial charge on any atom is -0.294 e. The number of anilines is 1. The number of halogens is 1. The molecule has 0 radical (unpaired) electrons. The van der Waals surface area contributed by atoms with Crippen molar-refractivity contribution in [2.75, 3.05) is 4.90 Å². The van der Waals surface area contributed by atoms with Gasteiger partial charge in [0.1, 0.15) is 5.82 Å². The minimum atomic E-state index is -0.447. The van der Waals surface area contributed by atoms with Crippen molar-refractivity contribution in [2.24, 2.45) is 5.41 Å². The maximum Gasteiger partial charge on any atom is 0.232 e. The minimum absolute atomic E-state index is 0.0706. The first-order valence-electron chi connectivity index (χ1n) is 8.73. The molecule has 2 aliphatic rings. The van der Waals surface area contributed by atoms with Crippen LogP contribution in [0.2, 0.25) is 0 Å². The van der Waals surface area contributed by atoms with Crippen molar-refractivity contribution < 1.29 is 14.0 Å². The van der Waals surface area contributed by atoms with Crippen LogP contribution in [0.5, 0.6) is 0 Å². The lowest BCUT2D eigenvalue weighted by molar-refractivity contribution is -0.121. The smallest absolute Gasteiger partial charge is 0.232 e. The second-order valence-electron chi connectivity index (χ2n) is 7.80. The Kier molecular flexibility index (Phi) is 4.07. The van der Waals surface area contributed by atoms with Gasteiger partial charge in [0.25, 0.3) is 0 Å². The van der Waals surface area contributed by atoms with E-state index in [1.54, 1.807) is 29.5 Å². The Hall–Kier alpha value is -2.27. The molecule has 5 heteroatoms. The van der Waals surface area contributed by atoms with E-state index in [-0.39, 0.29) is 35.1 Å². The van der Waals surface area contributed by atoms with Crippen LogP contribution in [0, 0.1) is 11.2 Å². The van der Waals surface area contributed by atoms with E-state index in [0.29, 0.717) is 24.1 Å². The van der Waals surface area contributed by atoms with Crippen molar-refractivity contribution in [1.29, 1.82) is 0 Å². The number of hydrogen-bond acceptors (Lipinski definition) is 3. The van der Waals surface area contributed by atoms with Gasteiger partial charge in [0.15, 0.2) is 5.78 Å². The predicted molar refractivity (Wildman–Crippen MR) is 101 cm³/mol. The number of ketones is 1. The second kappa shape index (κ2) is 6.16. The molecule has 1 atom stereocenters. The summed E-state index contributed by atoms with van der Waals surface area (Å²) in [4.78, 5) is 27.5. The fraction of sp³-hybridized carbons (Fsp3) is 0.333. The summed E-state index contributed by atoms with van der Waals surface area (Å²) in [5.41, 5.74) is 2.33. The summed E-state index contributed by atoms with van der Waals surface area (Å²) < 4.78 is 14.5. The number of allylic oxidation sites excluding steroid dienone is 2. The number of nitrogens with zero attached hydrogens (tertiary/aromatic N) is 1. The Morgan fingerprint density at radius 2 is 1.92 bits per heavy atom. The summed E-state index contributed by atoms with van der Waals surface area (Å²) in [5.74, 6) is -0.760. The molecule has 1 aromatic heterocycles. The number of para-hydroxylation sites is 1. The largest absolute Gasteiger partial charge is 0.294 e. The zero-order chi connectivity index (χ0) is 18.5. The molecule has 1 aromatic carbocycles. The Labute approximate surface area is 156 Å². The Morgan fingerprint density at radius 1 is 1.15 bits per heavy atom. The Bertz CT molecular complexity index is 914. The van der Waals surface area contributed by atoms with Gasteiger partial charge in [0.2, 0.25) is 5.91 Å². The lowest BCUT2D eigenvalue weighted by Gasteiger charge is -2.42. The van der Waals surface area contributed by atoms with Crippen molar-refractivity contribution in [3.05, 3.63) is 63.7 Å². The average molecular weight is 369 g/mol. The molecule has 0 unspecified atom stereocenters. The number of rotatable bonds is 2. The molecule has 2 aromatic rings. The third-order valence-electron chi connectivity index (χ3n) is 5.18. The number of Topliss-reactive ketones (excluding diaryl/α,β-unsaturated/α-hetero) is 1. The summed E-state index contributed by atoms with van der Waals surface area (Å²) in [5, 5.41) is 3.95. The molecule has 4 rings (SSSR count). The number of hydrogen-bond donors (Lipinski definition) is 0. The van der Waals surface area contributed by atoms with E-state index < -0.39 is 5.82 Å². The quantitative estimate of drug-likeness (QED) is 0.743. The Balaban J connectivity index is 1.92. The molecule has 1 aliphatic carbocycles. The number of carbonyl (C=O) groups excluding carboxylic acids is 2. The van der Waals surface area contributed by atoms with Gasteiger partial charge in [-0.3, -0.25) is 14.5 Å². The van der Waals surface area contributed by atoms with Crippen LogP contribution in [-0.4, -0.2) is 11.7 Å². The molecule has 0 saturated heterocycles. The third kappa shape index (κ3) is 2.80. The number of carbonyl (C=O) groups is 2. The van der Waals surface area contributed by atoms with Gasteiger partial charge >= 0.3 is 0 Å². The maximum absolute atomic E-state index is 14.5. The average Bonchev–Trinajstić information content (AvgIpc) is 3.08. The molecular formula is C21H20FNO2S. The van der Waals surface area contributed by atoms with Crippen LogP contribution >= 0.6 is 11.3 Å². The monoisotopic (exact) mass is 369 g/mol. The van der Waals surface area contributed by atoms with Crippen LogP contribution in [0.3, 0.4) is 0 Å². The highest BCUT2D eigenvalue weighted by Crippen LogP contribution is 2.48. The highest BCUT2D eigenvalue weighted by atomic mass is 32.1. The van der Waals surface area contributed by atoms with Gasteiger partial charge in [-0.1, -0.05) is 26.0 Å². The van der Waals surface area contributed by atoms with Crippen molar-refractivity contribution in [3.8, 4) is 0 Å². The molecular weight excluding hydrogens is 349 g/mol. The highest BCUT2D eigenvalue weighted by Gasteiger charge is 2.44. The van der Waals surface area contributed by atoms with Gasteiger partial charge in [0.05, 0.1) is 5.69 Å². The summed E-state index contributed by atoms with van der Waals surface area (Å²) in [6.45, 7) is 4.04. The number of amides is 1. The molecule has 0 bridgehead atoms. The molecule has 3 nitrogen and oxygen atoms in total. The van der Waals surface area contributed by atoms with Gasteiger partial charge in [-0.2, -0.15) is 11.3 Å². The number of benzene rings is 1. The van der Waals surface area contributed by atoms with Gasteiger partial charge in [-0.15, -0.1) is 0 Å². The topological polar surface area (TPSA) is 37.4 Å². The highest BCUT2D eigenvalue weighted by molar-refractivity contribution is 7.08. The molecule has 2 heterocycles. The first kappa shape index (κ1) is 17.2. The molecule has 1 amide bonds. The summed E-state index contributed by atoms with van der Waals surface area (Å²) in [6, 6.07) is 8.25. The maximum atomic E-state index is 14.5. The number of thiophene rings is 1. The molecule has 0 saturated carbocycles. The first-order chi connectivity index (χ1) is 12.4. The van der Waals surface area contributed by atoms with Crippen LogP contribution in [0.1, 0.15) is 44.6 Å². The third-order valence-corrected chi connectivity index (χ3v) is 5.88. The van der Waals surface area contributed by atoms with Gasteiger partial charge < -0.3 is 0 Å². The van der Waals surface area contributed by atoms with Crippen molar-refractivity contribution in [2.45, 2.75) is 39.0 Å². The standard InChI is InChI=1S/C21H20FNO2S/c1-21(2)10-17-20(18(24)11-21)14(13-7-8-26-12-13)9-19(25)23(17)16-6-4-3-5-15(16)22/h3-8,12,14H,9-11H2,1-2H3/t14-/m1/s1. The second-order valence-corrected chi connectivity index (χ2v) is 8.58. The SMILES string of the molecule is CC1(C)CC(=O)C2=C(C1)N(c1ccccc1F)C(=O)C[C@@H]2c1ccsc1. The van der Waals surface area contributed by atoms with E-state index in [1.165, 1.54) is 11.0 Å². The van der Waals surface area contributed by atoms with Crippen LogP contribution in [0.25, 0.3) is 0 Å². The fourth-order valence-corrected chi connectivity index (χ4v) is 4.80.